The van der Waals surface area contributed by atoms with E-state index in [2.05, 4.69) is 18.3 Å². The zero-order chi connectivity index (χ0) is 13.1. The van der Waals surface area contributed by atoms with Crippen molar-refractivity contribution in [1.82, 2.24) is 4.98 Å². The molecule has 2 aromatic rings. The summed E-state index contributed by atoms with van der Waals surface area (Å²) in [5.74, 6) is 0.912. The minimum atomic E-state index is 0.612. The number of fused-ring (bicyclic) bond motifs is 1. The second kappa shape index (κ2) is 5.78. The Labute approximate surface area is 118 Å². The van der Waals surface area contributed by atoms with Crippen LogP contribution in [0.5, 0.6) is 5.75 Å². The molecule has 1 aliphatic rings. The maximum Gasteiger partial charge on any atom is 0.184 e. The molecule has 0 spiro atoms. The van der Waals surface area contributed by atoms with Crippen molar-refractivity contribution in [2.24, 2.45) is 0 Å². The van der Waals surface area contributed by atoms with Crippen molar-refractivity contribution in [2.75, 3.05) is 11.9 Å². The van der Waals surface area contributed by atoms with Gasteiger partial charge < -0.3 is 10.1 Å². The van der Waals surface area contributed by atoms with Gasteiger partial charge in [0, 0.05) is 6.04 Å². The molecule has 4 heteroatoms. The summed E-state index contributed by atoms with van der Waals surface area (Å²) in [5, 5.41) is 4.60. The largest absolute Gasteiger partial charge is 0.491 e. The molecule has 0 saturated heterocycles. The number of hydrogen-bond acceptors (Lipinski definition) is 4. The van der Waals surface area contributed by atoms with E-state index in [-0.39, 0.29) is 0 Å². The van der Waals surface area contributed by atoms with Crippen LogP contribution in [0.1, 0.15) is 39.0 Å². The quantitative estimate of drug-likeness (QED) is 0.876. The van der Waals surface area contributed by atoms with Crippen LogP contribution >= 0.6 is 11.3 Å². The van der Waals surface area contributed by atoms with Crippen molar-refractivity contribution in [3.63, 3.8) is 0 Å². The Kier molecular flexibility index (Phi) is 3.87. The molecule has 0 amide bonds. The maximum atomic E-state index is 5.77. The predicted molar refractivity (Wildman–Crippen MR) is 81.3 cm³/mol. The van der Waals surface area contributed by atoms with Crippen molar-refractivity contribution < 1.29 is 4.74 Å². The van der Waals surface area contributed by atoms with Crippen molar-refractivity contribution >= 4 is 26.7 Å². The summed E-state index contributed by atoms with van der Waals surface area (Å²) in [6.07, 6.45) is 6.25. The van der Waals surface area contributed by atoms with E-state index in [0.29, 0.717) is 6.04 Å². The molecule has 1 N–H and O–H groups in total. The highest BCUT2D eigenvalue weighted by atomic mass is 32.1. The zero-order valence-corrected chi connectivity index (χ0v) is 12.1. The molecule has 3 rings (SSSR count). The number of ether oxygens (including phenoxy) is 1. The molecule has 102 valence electrons. The first-order chi connectivity index (χ1) is 9.36. The van der Waals surface area contributed by atoms with Gasteiger partial charge >= 0.3 is 0 Å². The summed E-state index contributed by atoms with van der Waals surface area (Å²) in [5.41, 5.74) is 1.00. The molecule has 19 heavy (non-hydrogen) atoms. The molecule has 0 aliphatic heterocycles. The monoisotopic (exact) mass is 276 g/mol. The van der Waals surface area contributed by atoms with E-state index >= 15 is 0 Å². The molecule has 1 aliphatic carbocycles. The van der Waals surface area contributed by atoms with Gasteiger partial charge in [-0.3, -0.25) is 0 Å². The number of anilines is 1. The topological polar surface area (TPSA) is 34.1 Å². The highest BCUT2D eigenvalue weighted by Crippen LogP contribution is 2.33. The molecule has 1 heterocycles. The summed E-state index contributed by atoms with van der Waals surface area (Å²) in [6.45, 7) is 2.87. The van der Waals surface area contributed by atoms with Gasteiger partial charge in [-0.25, -0.2) is 4.98 Å². The van der Waals surface area contributed by atoms with Gasteiger partial charge in [-0.05, 0) is 31.4 Å². The lowest BCUT2D eigenvalue weighted by Crippen LogP contribution is -2.13. The molecule has 0 bridgehead atoms. The molecule has 3 nitrogen and oxygen atoms in total. The molecular formula is C15H20N2OS. The lowest BCUT2D eigenvalue weighted by molar-refractivity contribution is 0.320. The Morgan fingerprint density at radius 2 is 2.21 bits per heavy atom. The van der Waals surface area contributed by atoms with Gasteiger partial charge in [0.2, 0.25) is 0 Å². The van der Waals surface area contributed by atoms with Crippen LogP contribution in [0.25, 0.3) is 10.2 Å². The smallest absolute Gasteiger partial charge is 0.184 e. The number of aromatic nitrogens is 1. The first kappa shape index (κ1) is 12.7. The molecular weight excluding hydrogens is 256 g/mol. The summed E-state index contributed by atoms with van der Waals surface area (Å²) in [4.78, 5) is 4.71. The Balaban J connectivity index is 1.82. The van der Waals surface area contributed by atoms with Crippen LogP contribution in [0.3, 0.4) is 0 Å². The number of benzene rings is 1. The summed E-state index contributed by atoms with van der Waals surface area (Å²) < 4.78 is 6.97. The van der Waals surface area contributed by atoms with Crippen molar-refractivity contribution in [2.45, 2.75) is 45.1 Å². The average molecular weight is 276 g/mol. The highest BCUT2D eigenvalue weighted by molar-refractivity contribution is 7.22. The number of nitrogens with one attached hydrogen (secondary N) is 1. The minimum Gasteiger partial charge on any atom is -0.491 e. The van der Waals surface area contributed by atoms with Crippen molar-refractivity contribution in [1.29, 1.82) is 0 Å². The van der Waals surface area contributed by atoms with Crippen molar-refractivity contribution in [3.05, 3.63) is 18.2 Å². The number of rotatable bonds is 5. The van der Waals surface area contributed by atoms with E-state index in [1.54, 1.807) is 11.3 Å². The van der Waals surface area contributed by atoms with Crippen LogP contribution < -0.4 is 10.1 Å². The molecule has 1 aromatic heterocycles. The summed E-state index contributed by atoms with van der Waals surface area (Å²) >= 11 is 1.73. The minimum absolute atomic E-state index is 0.612. The predicted octanol–water partition coefficient (Wildman–Crippen LogP) is 4.44. The zero-order valence-electron chi connectivity index (χ0n) is 11.3. The molecule has 1 fully saturated rings. The number of thiazole rings is 1. The molecule has 1 aromatic carbocycles. The van der Waals surface area contributed by atoms with Gasteiger partial charge in [0.1, 0.15) is 11.3 Å². The molecule has 0 atom stereocenters. The Morgan fingerprint density at radius 1 is 1.37 bits per heavy atom. The fourth-order valence-corrected chi connectivity index (χ4v) is 3.52. The van der Waals surface area contributed by atoms with Gasteiger partial charge in [0.15, 0.2) is 5.13 Å². The van der Waals surface area contributed by atoms with Gasteiger partial charge in [0.25, 0.3) is 0 Å². The standard InChI is InChI=1S/C15H20N2OS/c1-2-10-18-12-8-5-9-13-14(12)17-15(19-13)16-11-6-3-4-7-11/h5,8-9,11H,2-4,6-7,10H2,1H3,(H,16,17). The third kappa shape index (κ3) is 2.84. The van der Waals surface area contributed by atoms with E-state index in [1.807, 2.05) is 12.1 Å². The van der Waals surface area contributed by atoms with Gasteiger partial charge in [0.05, 0.1) is 11.3 Å². The summed E-state index contributed by atoms with van der Waals surface area (Å²) in [7, 11) is 0. The Bertz CT molecular complexity index is 546. The third-order valence-corrected chi connectivity index (χ3v) is 4.48. The number of para-hydroxylation sites is 1. The fraction of sp³-hybridized carbons (Fsp3) is 0.533. The van der Waals surface area contributed by atoms with Gasteiger partial charge in [-0.2, -0.15) is 0 Å². The lowest BCUT2D eigenvalue weighted by atomic mass is 10.3. The van der Waals surface area contributed by atoms with E-state index in [0.717, 1.165) is 29.4 Å². The van der Waals surface area contributed by atoms with Crippen LogP contribution in [-0.2, 0) is 0 Å². The van der Waals surface area contributed by atoms with E-state index in [4.69, 9.17) is 9.72 Å². The van der Waals surface area contributed by atoms with E-state index < -0.39 is 0 Å². The van der Waals surface area contributed by atoms with Crippen LogP contribution in [0.4, 0.5) is 5.13 Å². The van der Waals surface area contributed by atoms with Crippen LogP contribution in [-0.4, -0.2) is 17.6 Å². The lowest BCUT2D eigenvalue weighted by Gasteiger charge is -2.09. The molecule has 1 saturated carbocycles. The first-order valence-electron chi connectivity index (χ1n) is 7.15. The normalized spacial score (nSPS) is 16.1. The van der Waals surface area contributed by atoms with E-state index in [9.17, 15) is 0 Å². The second-order valence-corrected chi connectivity index (χ2v) is 6.13. The van der Waals surface area contributed by atoms with Crippen LogP contribution in [0, 0.1) is 0 Å². The third-order valence-electron chi connectivity index (χ3n) is 3.53. The maximum absolute atomic E-state index is 5.77. The van der Waals surface area contributed by atoms with Crippen LogP contribution in [0.15, 0.2) is 18.2 Å². The van der Waals surface area contributed by atoms with Gasteiger partial charge in [-0.15, -0.1) is 0 Å². The Morgan fingerprint density at radius 3 is 3.00 bits per heavy atom. The first-order valence-corrected chi connectivity index (χ1v) is 7.97. The molecule has 0 radical (unpaired) electrons. The molecule has 0 unspecified atom stereocenters. The van der Waals surface area contributed by atoms with E-state index in [1.165, 1.54) is 30.4 Å². The highest BCUT2D eigenvalue weighted by Gasteiger charge is 2.17. The fourth-order valence-electron chi connectivity index (χ4n) is 2.56. The summed E-state index contributed by atoms with van der Waals surface area (Å²) in [6, 6.07) is 6.79. The van der Waals surface area contributed by atoms with Crippen molar-refractivity contribution in [3.8, 4) is 5.75 Å². The number of hydrogen-bond donors (Lipinski definition) is 1. The Hall–Kier alpha value is -1.29. The van der Waals surface area contributed by atoms with Gasteiger partial charge in [-0.1, -0.05) is 37.2 Å². The SMILES string of the molecule is CCCOc1cccc2sc(NC3CCCC3)nc12. The average Bonchev–Trinajstić information content (AvgIpc) is 3.05. The second-order valence-electron chi connectivity index (χ2n) is 5.10. The van der Waals surface area contributed by atoms with Crippen LogP contribution in [0.2, 0.25) is 0 Å². The number of nitrogens with zero attached hydrogens (tertiary/aromatic N) is 1.